The summed E-state index contributed by atoms with van der Waals surface area (Å²) >= 11 is 0. The number of benzene rings is 1. The lowest BCUT2D eigenvalue weighted by molar-refractivity contribution is 0.0717. The van der Waals surface area contributed by atoms with Crippen LogP contribution in [0, 0.1) is 6.92 Å². The van der Waals surface area contributed by atoms with Gasteiger partial charge in [-0.3, -0.25) is 4.79 Å². The van der Waals surface area contributed by atoms with E-state index in [1.807, 2.05) is 6.92 Å². The zero-order valence-corrected chi connectivity index (χ0v) is 10.6. The van der Waals surface area contributed by atoms with Gasteiger partial charge in [-0.1, -0.05) is 12.8 Å². The van der Waals surface area contributed by atoms with Gasteiger partial charge >= 0.3 is 0 Å². The number of rotatable bonds is 2. The van der Waals surface area contributed by atoms with E-state index in [-0.39, 0.29) is 11.9 Å². The molecular weight excluding hydrogens is 228 g/mol. The molecule has 4 nitrogen and oxygen atoms in total. The largest absolute Gasteiger partial charge is 0.399 e. The molecular formula is C14H20N2O2. The first-order valence-electron chi connectivity index (χ1n) is 6.43. The summed E-state index contributed by atoms with van der Waals surface area (Å²) in [5.41, 5.74) is 7.80. The number of aliphatic hydroxyl groups excluding tert-OH is 1. The highest BCUT2D eigenvalue weighted by molar-refractivity contribution is 5.96. The highest BCUT2D eigenvalue weighted by Crippen LogP contribution is 2.19. The van der Waals surface area contributed by atoms with Crippen molar-refractivity contribution >= 4 is 11.6 Å². The predicted molar refractivity (Wildman–Crippen MR) is 71.3 cm³/mol. The number of aryl methyl sites for hydroxylation is 1. The first-order valence-corrected chi connectivity index (χ1v) is 6.43. The molecule has 1 aliphatic rings. The highest BCUT2D eigenvalue weighted by atomic mass is 16.3. The fourth-order valence-electron chi connectivity index (χ4n) is 2.47. The SMILES string of the molecule is Cc1cc(N)ccc1C(=O)N[C@@H]1CCCC[C@H]1O. The van der Waals surface area contributed by atoms with Crippen molar-refractivity contribution in [2.45, 2.75) is 44.8 Å². The standard InChI is InChI=1S/C14H20N2O2/c1-9-8-10(15)6-7-11(9)14(18)16-12-4-2-3-5-13(12)17/h6-8,12-13,17H,2-5,15H2,1H3,(H,16,18)/t12-,13-/m1/s1. The molecule has 4 heteroatoms. The van der Waals surface area contributed by atoms with E-state index in [9.17, 15) is 9.90 Å². The Bertz CT molecular complexity index is 445. The maximum atomic E-state index is 12.1. The van der Waals surface area contributed by atoms with Crippen molar-refractivity contribution in [2.75, 3.05) is 5.73 Å². The molecule has 4 N–H and O–H groups in total. The molecule has 0 spiro atoms. The molecule has 1 aliphatic carbocycles. The fraction of sp³-hybridized carbons (Fsp3) is 0.500. The Balaban J connectivity index is 2.07. The normalized spacial score (nSPS) is 23.7. The van der Waals surface area contributed by atoms with Gasteiger partial charge in [-0.25, -0.2) is 0 Å². The molecule has 0 aliphatic heterocycles. The molecule has 0 saturated heterocycles. The molecule has 1 amide bonds. The van der Waals surface area contributed by atoms with E-state index >= 15 is 0 Å². The fourth-order valence-corrected chi connectivity index (χ4v) is 2.47. The van der Waals surface area contributed by atoms with Crippen LogP contribution in [0.15, 0.2) is 18.2 Å². The second-order valence-corrected chi connectivity index (χ2v) is 5.01. The van der Waals surface area contributed by atoms with E-state index < -0.39 is 6.10 Å². The summed E-state index contributed by atoms with van der Waals surface area (Å²) in [4.78, 5) is 12.1. The Kier molecular flexibility index (Phi) is 3.87. The molecule has 0 radical (unpaired) electrons. The van der Waals surface area contributed by atoms with Crippen LogP contribution in [-0.4, -0.2) is 23.2 Å². The molecule has 0 unspecified atom stereocenters. The topological polar surface area (TPSA) is 75.4 Å². The zero-order valence-electron chi connectivity index (χ0n) is 10.6. The minimum Gasteiger partial charge on any atom is -0.399 e. The molecule has 1 aromatic carbocycles. The molecule has 1 saturated carbocycles. The van der Waals surface area contributed by atoms with Crippen LogP contribution in [0.5, 0.6) is 0 Å². The molecule has 0 heterocycles. The third-order valence-electron chi connectivity index (χ3n) is 3.54. The first-order chi connectivity index (χ1) is 8.58. The molecule has 1 aromatic rings. The Morgan fingerprint density at radius 3 is 2.78 bits per heavy atom. The molecule has 0 aromatic heterocycles. The highest BCUT2D eigenvalue weighted by Gasteiger charge is 2.25. The van der Waals surface area contributed by atoms with Gasteiger partial charge in [0.2, 0.25) is 0 Å². The smallest absolute Gasteiger partial charge is 0.251 e. The van der Waals surface area contributed by atoms with Gasteiger partial charge in [0.1, 0.15) is 0 Å². The van der Waals surface area contributed by atoms with Crippen LogP contribution >= 0.6 is 0 Å². The number of nitrogens with two attached hydrogens (primary N) is 1. The second-order valence-electron chi connectivity index (χ2n) is 5.01. The maximum absolute atomic E-state index is 12.1. The third kappa shape index (κ3) is 2.82. The molecule has 2 atom stereocenters. The summed E-state index contributed by atoms with van der Waals surface area (Å²) in [7, 11) is 0. The van der Waals surface area contributed by atoms with E-state index in [4.69, 9.17) is 5.73 Å². The summed E-state index contributed by atoms with van der Waals surface area (Å²) in [6.45, 7) is 1.86. The Labute approximate surface area is 107 Å². The average molecular weight is 248 g/mol. The zero-order chi connectivity index (χ0) is 13.1. The van der Waals surface area contributed by atoms with Gasteiger partial charge in [0.05, 0.1) is 12.1 Å². The monoisotopic (exact) mass is 248 g/mol. The maximum Gasteiger partial charge on any atom is 0.251 e. The van der Waals surface area contributed by atoms with Gasteiger partial charge in [0.25, 0.3) is 5.91 Å². The number of hydrogen-bond acceptors (Lipinski definition) is 3. The van der Waals surface area contributed by atoms with Crippen LogP contribution < -0.4 is 11.1 Å². The predicted octanol–water partition coefficient (Wildman–Crippen LogP) is 1.61. The molecule has 2 rings (SSSR count). The minimum atomic E-state index is -0.420. The molecule has 0 bridgehead atoms. The van der Waals surface area contributed by atoms with Gasteiger partial charge in [-0.2, -0.15) is 0 Å². The quantitative estimate of drug-likeness (QED) is 0.696. The van der Waals surface area contributed by atoms with Crippen LogP contribution in [0.25, 0.3) is 0 Å². The number of carbonyl (C=O) groups excluding carboxylic acids is 1. The van der Waals surface area contributed by atoms with Gasteiger partial charge in [0, 0.05) is 11.3 Å². The number of aliphatic hydroxyl groups is 1. The first kappa shape index (κ1) is 12.9. The van der Waals surface area contributed by atoms with Crippen molar-refractivity contribution in [3.05, 3.63) is 29.3 Å². The van der Waals surface area contributed by atoms with Crippen molar-refractivity contribution in [1.82, 2.24) is 5.32 Å². The number of hydrogen-bond donors (Lipinski definition) is 3. The van der Waals surface area contributed by atoms with Crippen molar-refractivity contribution in [3.8, 4) is 0 Å². The van der Waals surface area contributed by atoms with Crippen molar-refractivity contribution in [2.24, 2.45) is 0 Å². The van der Waals surface area contributed by atoms with Gasteiger partial charge < -0.3 is 16.2 Å². The van der Waals surface area contributed by atoms with Crippen molar-refractivity contribution in [3.63, 3.8) is 0 Å². The Hall–Kier alpha value is -1.55. The average Bonchev–Trinajstić information content (AvgIpc) is 2.32. The van der Waals surface area contributed by atoms with Gasteiger partial charge in [0.15, 0.2) is 0 Å². The van der Waals surface area contributed by atoms with E-state index in [0.29, 0.717) is 11.3 Å². The van der Waals surface area contributed by atoms with Crippen LogP contribution in [-0.2, 0) is 0 Å². The Morgan fingerprint density at radius 2 is 2.11 bits per heavy atom. The van der Waals surface area contributed by atoms with E-state index in [2.05, 4.69) is 5.32 Å². The molecule has 98 valence electrons. The number of amides is 1. The van der Waals surface area contributed by atoms with Gasteiger partial charge in [-0.15, -0.1) is 0 Å². The summed E-state index contributed by atoms with van der Waals surface area (Å²) in [6, 6.07) is 5.11. The lowest BCUT2D eigenvalue weighted by Crippen LogP contribution is -2.45. The van der Waals surface area contributed by atoms with Crippen LogP contribution in [0.3, 0.4) is 0 Å². The number of nitrogen functional groups attached to an aromatic ring is 1. The summed E-state index contributed by atoms with van der Waals surface area (Å²) < 4.78 is 0. The molecule has 18 heavy (non-hydrogen) atoms. The van der Waals surface area contributed by atoms with E-state index in [1.54, 1.807) is 18.2 Å². The van der Waals surface area contributed by atoms with Crippen molar-refractivity contribution < 1.29 is 9.90 Å². The summed E-state index contributed by atoms with van der Waals surface area (Å²) in [5.74, 6) is -0.126. The third-order valence-corrected chi connectivity index (χ3v) is 3.54. The van der Waals surface area contributed by atoms with Gasteiger partial charge in [-0.05, 0) is 43.5 Å². The number of carbonyl (C=O) groups is 1. The summed E-state index contributed by atoms with van der Waals surface area (Å²) in [6.07, 6.45) is 3.29. The number of nitrogens with one attached hydrogen (secondary N) is 1. The lowest BCUT2D eigenvalue weighted by atomic mass is 9.92. The van der Waals surface area contributed by atoms with Crippen LogP contribution in [0.2, 0.25) is 0 Å². The minimum absolute atomic E-state index is 0.122. The van der Waals surface area contributed by atoms with E-state index in [1.165, 1.54) is 0 Å². The summed E-state index contributed by atoms with van der Waals surface area (Å²) in [5, 5.41) is 12.8. The van der Waals surface area contributed by atoms with Crippen LogP contribution in [0.4, 0.5) is 5.69 Å². The second kappa shape index (κ2) is 5.40. The molecule has 1 fully saturated rings. The van der Waals surface area contributed by atoms with E-state index in [0.717, 1.165) is 31.2 Å². The Morgan fingerprint density at radius 1 is 1.39 bits per heavy atom. The van der Waals surface area contributed by atoms with Crippen molar-refractivity contribution in [1.29, 1.82) is 0 Å². The van der Waals surface area contributed by atoms with Crippen LogP contribution in [0.1, 0.15) is 41.6 Å². The lowest BCUT2D eigenvalue weighted by Gasteiger charge is -2.28. The number of anilines is 1.